The average molecular weight is 490 g/mol. The van der Waals surface area contributed by atoms with Crippen molar-refractivity contribution in [2.75, 3.05) is 18.4 Å². The number of carboxylic acids is 1. The fraction of sp³-hybridized carbons (Fsp3) is 0.375. The Kier molecular flexibility index (Phi) is 6.86. The highest BCUT2D eigenvalue weighted by Gasteiger charge is 2.43. The lowest BCUT2D eigenvalue weighted by atomic mass is 9.74. The second kappa shape index (κ2) is 9.68. The lowest BCUT2D eigenvalue weighted by Gasteiger charge is -2.41. The van der Waals surface area contributed by atoms with Crippen LogP contribution < -0.4 is 5.32 Å². The maximum absolute atomic E-state index is 14.6. The van der Waals surface area contributed by atoms with E-state index in [1.807, 2.05) is 18.7 Å². The van der Waals surface area contributed by atoms with E-state index < -0.39 is 23.0 Å². The van der Waals surface area contributed by atoms with Crippen molar-refractivity contribution in [3.63, 3.8) is 0 Å². The summed E-state index contributed by atoms with van der Waals surface area (Å²) in [6, 6.07) is 9.15. The summed E-state index contributed by atoms with van der Waals surface area (Å²) in [4.78, 5) is 18.7. The van der Waals surface area contributed by atoms with E-state index in [-0.39, 0.29) is 36.0 Å². The first kappa shape index (κ1) is 24.1. The molecule has 3 N–H and O–H groups in total. The molecule has 0 saturated carbocycles. The lowest BCUT2D eigenvalue weighted by Crippen LogP contribution is -2.46. The van der Waals surface area contributed by atoms with Gasteiger partial charge in [-0.15, -0.1) is 0 Å². The van der Waals surface area contributed by atoms with Crippen LogP contribution in [0.15, 0.2) is 36.4 Å². The number of hydrogen-bond acceptors (Lipinski definition) is 5. The highest BCUT2D eigenvalue weighted by molar-refractivity contribution is 6.30. The first-order chi connectivity index (χ1) is 16.2. The van der Waals surface area contributed by atoms with Crippen molar-refractivity contribution >= 4 is 29.2 Å². The second-order valence-electron chi connectivity index (χ2n) is 8.80. The Morgan fingerprint density at radius 1 is 1.26 bits per heavy atom. The molecular formula is C24H26ClF2N5O2. The number of nitrogens with zero attached hydrogens (tertiary/aromatic N) is 3. The number of carbonyl (C=O) groups is 1. The van der Waals surface area contributed by atoms with Gasteiger partial charge in [0.05, 0.1) is 16.1 Å². The molecule has 2 aromatic heterocycles. The largest absolute Gasteiger partial charge is 0.481 e. The van der Waals surface area contributed by atoms with Crippen LogP contribution in [-0.2, 0) is 11.2 Å². The number of aryl methyl sites for hydroxylation is 1. The number of likely N-dealkylation sites (tertiary alicyclic amines) is 1. The van der Waals surface area contributed by atoms with Gasteiger partial charge in [0.15, 0.2) is 5.82 Å². The van der Waals surface area contributed by atoms with E-state index in [1.54, 1.807) is 18.2 Å². The number of hydrogen-bond donors (Lipinski definition) is 3. The van der Waals surface area contributed by atoms with Crippen LogP contribution in [-0.4, -0.2) is 44.2 Å². The van der Waals surface area contributed by atoms with E-state index in [0.29, 0.717) is 30.3 Å². The molecule has 1 aliphatic heterocycles. The maximum atomic E-state index is 14.6. The molecule has 1 fully saturated rings. The summed E-state index contributed by atoms with van der Waals surface area (Å²) in [6.07, 6.45) is 0.523. The normalized spacial score (nSPS) is 16.9. The Labute approximate surface area is 201 Å². The fourth-order valence-corrected chi connectivity index (χ4v) is 4.64. The van der Waals surface area contributed by atoms with Gasteiger partial charge in [-0.05, 0) is 58.0 Å². The smallest absolute Gasteiger partial charge is 0.310 e. The van der Waals surface area contributed by atoms with Crippen molar-refractivity contribution in [3.05, 3.63) is 70.0 Å². The number of rotatable bonds is 7. The molecule has 1 saturated heterocycles. The summed E-state index contributed by atoms with van der Waals surface area (Å²) in [5, 5.41) is 20.0. The fourth-order valence-electron chi connectivity index (χ4n) is 4.46. The van der Waals surface area contributed by atoms with E-state index in [9.17, 15) is 18.7 Å². The third-order valence-electron chi connectivity index (χ3n) is 6.57. The van der Waals surface area contributed by atoms with Gasteiger partial charge in [-0.3, -0.25) is 14.8 Å². The van der Waals surface area contributed by atoms with Crippen LogP contribution in [0.2, 0.25) is 5.02 Å². The first-order valence-electron chi connectivity index (χ1n) is 11.0. The summed E-state index contributed by atoms with van der Waals surface area (Å²) >= 11 is 5.93. The van der Waals surface area contributed by atoms with Crippen molar-refractivity contribution in [2.24, 2.45) is 5.41 Å². The molecule has 34 heavy (non-hydrogen) atoms. The molecular weight excluding hydrogens is 464 g/mol. The van der Waals surface area contributed by atoms with Crippen LogP contribution in [0, 0.1) is 24.0 Å². The predicted molar refractivity (Wildman–Crippen MR) is 125 cm³/mol. The third kappa shape index (κ3) is 4.90. The topological polar surface area (TPSA) is 94.1 Å². The molecule has 1 aliphatic rings. The molecule has 180 valence electrons. The summed E-state index contributed by atoms with van der Waals surface area (Å²) in [5.74, 6) is -1.09. The van der Waals surface area contributed by atoms with Gasteiger partial charge in [0.1, 0.15) is 17.5 Å². The Hall–Kier alpha value is -3.04. The molecule has 0 unspecified atom stereocenters. The van der Waals surface area contributed by atoms with Gasteiger partial charge in [-0.2, -0.15) is 5.10 Å². The van der Waals surface area contributed by atoms with Gasteiger partial charge in [0.25, 0.3) is 0 Å². The maximum Gasteiger partial charge on any atom is 0.310 e. The van der Waals surface area contributed by atoms with Crippen molar-refractivity contribution in [1.82, 2.24) is 20.1 Å². The molecule has 10 heteroatoms. The predicted octanol–water partition coefficient (Wildman–Crippen LogP) is 5.26. The lowest BCUT2D eigenvalue weighted by molar-refractivity contribution is -0.152. The SMILES string of the molecule is Cc1cc(Nc2ccc(F)c(CC3(C(=O)O)CCN([C@@H](C)c4cccc(Cl)c4F)CC3)n2)n[nH]1. The molecule has 1 aromatic carbocycles. The summed E-state index contributed by atoms with van der Waals surface area (Å²) in [5.41, 5.74) is 0.240. The molecule has 0 aliphatic carbocycles. The van der Waals surface area contributed by atoms with Gasteiger partial charge < -0.3 is 10.4 Å². The Balaban J connectivity index is 1.50. The zero-order valence-electron chi connectivity index (χ0n) is 18.9. The van der Waals surface area contributed by atoms with Crippen LogP contribution in [0.3, 0.4) is 0 Å². The van der Waals surface area contributed by atoms with E-state index in [4.69, 9.17) is 11.6 Å². The van der Waals surface area contributed by atoms with E-state index in [1.165, 1.54) is 18.2 Å². The van der Waals surface area contributed by atoms with Gasteiger partial charge >= 0.3 is 5.97 Å². The molecule has 3 aromatic rings. The average Bonchev–Trinajstić information content (AvgIpc) is 3.22. The molecule has 7 nitrogen and oxygen atoms in total. The summed E-state index contributed by atoms with van der Waals surface area (Å²) in [6.45, 7) is 4.57. The van der Waals surface area contributed by atoms with Crippen molar-refractivity contribution in [2.45, 2.75) is 39.2 Å². The zero-order valence-corrected chi connectivity index (χ0v) is 19.7. The molecule has 0 spiro atoms. The third-order valence-corrected chi connectivity index (χ3v) is 6.87. The minimum atomic E-state index is -1.17. The second-order valence-corrected chi connectivity index (χ2v) is 9.21. The van der Waals surface area contributed by atoms with Crippen LogP contribution >= 0.6 is 11.6 Å². The molecule has 0 bridgehead atoms. The van der Waals surface area contributed by atoms with Crippen LogP contribution in [0.4, 0.5) is 20.4 Å². The summed E-state index contributed by atoms with van der Waals surface area (Å²) < 4.78 is 29.1. The van der Waals surface area contributed by atoms with Gasteiger partial charge in [-0.1, -0.05) is 23.7 Å². The Morgan fingerprint density at radius 3 is 2.65 bits per heavy atom. The standard InChI is InChI=1S/C24H26ClF2N5O2/c1-14-12-21(31-30-14)29-20-7-6-18(26)19(28-20)13-24(23(33)34)8-10-32(11-9-24)15(2)16-4-3-5-17(25)22(16)27/h3-7,12,15H,8-11,13H2,1-2H3,(H,33,34)(H2,28,29,30,31)/t15-/m0/s1. The van der Waals surface area contributed by atoms with E-state index in [2.05, 4.69) is 20.5 Å². The number of aromatic amines is 1. The molecule has 3 heterocycles. The number of aliphatic carboxylic acids is 1. The highest BCUT2D eigenvalue weighted by Crippen LogP contribution is 2.39. The minimum Gasteiger partial charge on any atom is -0.481 e. The summed E-state index contributed by atoms with van der Waals surface area (Å²) in [7, 11) is 0. The van der Waals surface area contributed by atoms with E-state index >= 15 is 0 Å². The number of aromatic nitrogens is 3. The highest BCUT2D eigenvalue weighted by atomic mass is 35.5. The number of halogens is 3. The number of piperidine rings is 1. The quantitative estimate of drug-likeness (QED) is 0.419. The zero-order chi connectivity index (χ0) is 24.5. The number of nitrogens with one attached hydrogen (secondary N) is 2. The number of H-pyrrole nitrogens is 1. The monoisotopic (exact) mass is 489 g/mol. The van der Waals surface area contributed by atoms with Crippen LogP contribution in [0.25, 0.3) is 0 Å². The van der Waals surface area contributed by atoms with Crippen molar-refractivity contribution in [1.29, 1.82) is 0 Å². The van der Waals surface area contributed by atoms with Crippen LogP contribution in [0.1, 0.15) is 42.8 Å². The number of anilines is 2. The van der Waals surface area contributed by atoms with Gasteiger partial charge in [0.2, 0.25) is 0 Å². The molecule has 0 radical (unpaired) electrons. The molecule has 1 atom stereocenters. The van der Waals surface area contributed by atoms with Gasteiger partial charge in [0, 0.05) is 29.8 Å². The molecule has 0 amide bonds. The number of pyridine rings is 1. The Bertz CT molecular complexity index is 1190. The Morgan fingerprint density at radius 2 is 2.00 bits per heavy atom. The van der Waals surface area contributed by atoms with Crippen LogP contribution in [0.5, 0.6) is 0 Å². The number of carboxylic acid groups (broad SMARTS) is 1. The van der Waals surface area contributed by atoms with Crippen molar-refractivity contribution < 1.29 is 18.7 Å². The molecule has 4 rings (SSSR count). The first-order valence-corrected chi connectivity index (χ1v) is 11.4. The van der Waals surface area contributed by atoms with E-state index in [0.717, 1.165) is 5.69 Å². The van der Waals surface area contributed by atoms with Crippen molar-refractivity contribution in [3.8, 4) is 0 Å². The minimum absolute atomic E-state index is 0.0446. The number of benzene rings is 1. The van der Waals surface area contributed by atoms with Gasteiger partial charge in [-0.25, -0.2) is 13.8 Å².